The first-order chi connectivity index (χ1) is 33.4. The van der Waals surface area contributed by atoms with Crippen LogP contribution in [0.4, 0.5) is 27.2 Å². The molecule has 2 fully saturated rings. The number of nitrogens with zero attached hydrogens (tertiary/aromatic N) is 4. The van der Waals surface area contributed by atoms with Gasteiger partial charge in [-0.1, -0.05) is 12.1 Å². The van der Waals surface area contributed by atoms with Crippen molar-refractivity contribution in [3.8, 4) is 11.5 Å². The van der Waals surface area contributed by atoms with Crippen molar-refractivity contribution in [1.82, 2.24) is 29.6 Å². The SMILES string of the molecule is CN(C)C(=O)Cl.CN(C)C(=O)Oc1c2n(cc(C(=O)NCc3ccc(F)cc3F)c1=O)C[C@@H]1OCCC[C@]1(C)C2=O.C[C@]12CCCO[C@H]1Cn1cc(C(=O)NCc3ccc(F)cc3F)c(=O)c(O)c1C2=O. The Bertz CT molecular complexity index is 2930. The van der Waals surface area contributed by atoms with Gasteiger partial charge in [-0.2, -0.15) is 0 Å². The van der Waals surface area contributed by atoms with E-state index in [4.69, 9.17) is 25.8 Å². The quantitative estimate of drug-likeness (QED) is 0.118. The Balaban J connectivity index is 0.000000210. The van der Waals surface area contributed by atoms with Crippen LogP contribution < -0.4 is 26.2 Å². The van der Waals surface area contributed by atoms with Crippen LogP contribution in [0.2, 0.25) is 0 Å². The van der Waals surface area contributed by atoms with Crippen LogP contribution in [0.1, 0.15) is 92.4 Å². The number of fused-ring (bicyclic) bond motifs is 4. The van der Waals surface area contributed by atoms with E-state index in [1.54, 1.807) is 27.9 Å². The number of rotatable bonds is 7. The largest absolute Gasteiger partial charge is 0.503 e. The Morgan fingerprint density at radius 2 is 1.14 bits per heavy atom. The Hall–Kier alpha value is -6.91. The molecule has 4 aromatic rings. The van der Waals surface area contributed by atoms with Gasteiger partial charge >= 0.3 is 11.5 Å². The molecule has 71 heavy (non-hydrogen) atoms. The second-order valence-corrected chi connectivity index (χ2v) is 18.4. The number of halogens is 5. The molecular formula is C48H51ClF4N6O12. The van der Waals surface area contributed by atoms with Gasteiger partial charge in [0.15, 0.2) is 17.3 Å². The second kappa shape index (κ2) is 21.6. The lowest BCUT2D eigenvalue weighted by Gasteiger charge is -2.44. The van der Waals surface area contributed by atoms with Gasteiger partial charge in [-0.25, -0.2) is 22.4 Å². The zero-order valence-electron chi connectivity index (χ0n) is 39.5. The predicted molar refractivity (Wildman–Crippen MR) is 246 cm³/mol. The number of nitrogens with one attached hydrogen (secondary N) is 2. The molecule has 6 heterocycles. The van der Waals surface area contributed by atoms with Crippen molar-refractivity contribution in [1.29, 1.82) is 0 Å². The summed E-state index contributed by atoms with van der Waals surface area (Å²) >= 11 is 4.90. The molecule has 4 amide bonds. The van der Waals surface area contributed by atoms with Gasteiger partial charge in [0.25, 0.3) is 11.8 Å². The fraction of sp³-hybridized carbons (Fsp3) is 0.417. The number of hydrogen-bond acceptors (Lipinski definition) is 12. The lowest BCUT2D eigenvalue weighted by atomic mass is 9.71. The topological polar surface area (TPSA) is 225 Å². The van der Waals surface area contributed by atoms with Gasteiger partial charge in [-0.15, -0.1) is 0 Å². The van der Waals surface area contributed by atoms with Crippen LogP contribution in [-0.2, 0) is 35.7 Å². The average Bonchev–Trinajstić information content (AvgIpc) is 3.31. The van der Waals surface area contributed by atoms with Crippen molar-refractivity contribution < 1.29 is 65.6 Å². The summed E-state index contributed by atoms with van der Waals surface area (Å²) in [7, 11) is 6.01. The second-order valence-electron chi connectivity index (χ2n) is 18.1. The molecule has 0 saturated carbocycles. The molecule has 8 rings (SSSR count). The highest BCUT2D eigenvalue weighted by Crippen LogP contribution is 2.44. The summed E-state index contributed by atoms with van der Waals surface area (Å²) in [5.74, 6) is -7.05. The molecule has 3 N–H and O–H groups in total. The molecule has 0 unspecified atom stereocenters. The molecule has 2 saturated heterocycles. The number of hydrogen-bond donors (Lipinski definition) is 3. The molecule has 4 atom stereocenters. The van der Waals surface area contributed by atoms with Gasteiger partial charge in [0.05, 0.1) is 36.1 Å². The molecule has 23 heteroatoms. The molecule has 2 aromatic heterocycles. The van der Waals surface area contributed by atoms with E-state index in [1.807, 2.05) is 0 Å². The molecule has 0 bridgehead atoms. The van der Waals surface area contributed by atoms with Crippen LogP contribution in [0.3, 0.4) is 0 Å². The van der Waals surface area contributed by atoms with Crippen molar-refractivity contribution in [2.45, 2.75) is 77.9 Å². The number of amides is 4. The molecule has 18 nitrogen and oxygen atoms in total. The number of ketones is 2. The number of ether oxygens (including phenoxy) is 3. The molecule has 0 spiro atoms. The summed E-state index contributed by atoms with van der Waals surface area (Å²) in [5, 5.41) is 14.8. The minimum absolute atomic E-state index is 0.0126. The number of carbonyl (C=O) groups excluding carboxylic acids is 6. The van der Waals surface area contributed by atoms with E-state index >= 15 is 0 Å². The monoisotopic (exact) mass is 1010 g/mol. The summed E-state index contributed by atoms with van der Waals surface area (Å²) < 4.78 is 73.5. The fourth-order valence-corrected chi connectivity index (χ4v) is 8.46. The van der Waals surface area contributed by atoms with Crippen molar-refractivity contribution >= 4 is 46.4 Å². The highest BCUT2D eigenvalue weighted by molar-refractivity contribution is 6.62. The summed E-state index contributed by atoms with van der Waals surface area (Å²) in [4.78, 5) is 102. The third-order valence-corrected chi connectivity index (χ3v) is 13.1. The third-order valence-electron chi connectivity index (χ3n) is 12.7. The van der Waals surface area contributed by atoms with Gasteiger partial charge in [0.1, 0.15) is 45.8 Å². The molecule has 0 aliphatic carbocycles. The first-order valence-electron chi connectivity index (χ1n) is 22.2. The van der Waals surface area contributed by atoms with E-state index in [2.05, 4.69) is 10.6 Å². The molecule has 4 aliphatic rings. The van der Waals surface area contributed by atoms with Crippen molar-refractivity contribution in [3.63, 3.8) is 0 Å². The van der Waals surface area contributed by atoms with Crippen LogP contribution in [0, 0.1) is 34.1 Å². The minimum Gasteiger partial charge on any atom is -0.503 e. The Kier molecular flexibility index (Phi) is 16.3. The van der Waals surface area contributed by atoms with Crippen LogP contribution in [0.25, 0.3) is 0 Å². The van der Waals surface area contributed by atoms with E-state index in [1.165, 1.54) is 52.7 Å². The number of Topliss-reactive ketones (excluding diaryl/α,β-unsaturated/α-hetero) is 2. The van der Waals surface area contributed by atoms with Gasteiger partial charge in [-0.05, 0) is 63.3 Å². The number of aromatic hydroxyl groups is 1. The summed E-state index contributed by atoms with van der Waals surface area (Å²) in [6.45, 7) is 4.26. The van der Waals surface area contributed by atoms with Gasteiger partial charge in [-0.3, -0.25) is 33.6 Å². The molecule has 2 aromatic carbocycles. The smallest absolute Gasteiger partial charge is 0.414 e. The molecular weight excluding hydrogens is 964 g/mol. The molecule has 380 valence electrons. The maximum absolute atomic E-state index is 14.0. The molecule has 0 radical (unpaired) electrons. The summed E-state index contributed by atoms with van der Waals surface area (Å²) in [6.07, 6.45) is 3.10. The highest BCUT2D eigenvalue weighted by Gasteiger charge is 2.51. The zero-order valence-corrected chi connectivity index (χ0v) is 40.2. The fourth-order valence-electron chi connectivity index (χ4n) is 8.46. The van der Waals surface area contributed by atoms with Crippen molar-refractivity contribution in [2.75, 3.05) is 41.4 Å². The summed E-state index contributed by atoms with van der Waals surface area (Å²) in [6, 6.07) is 5.83. The van der Waals surface area contributed by atoms with E-state index < -0.39 is 109 Å². The lowest BCUT2D eigenvalue weighted by molar-refractivity contribution is -0.0742. The van der Waals surface area contributed by atoms with Crippen LogP contribution in [0.5, 0.6) is 11.5 Å². The normalized spacial score (nSPS) is 20.7. The number of pyridine rings is 2. The maximum Gasteiger partial charge on any atom is 0.414 e. The Morgan fingerprint density at radius 1 is 0.718 bits per heavy atom. The first kappa shape index (κ1) is 53.4. The maximum atomic E-state index is 14.0. The van der Waals surface area contributed by atoms with Gasteiger partial charge < -0.3 is 48.9 Å². The lowest BCUT2D eigenvalue weighted by Crippen LogP contribution is -2.52. The van der Waals surface area contributed by atoms with Crippen molar-refractivity contribution in [2.24, 2.45) is 10.8 Å². The first-order valence-corrected chi connectivity index (χ1v) is 22.5. The Morgan fingerprint density at radius 3 is 1.56 bits per heavy atom. The van der Waals surface area contributed by atoms with Gasteiger partial charge in [0.2, 0.25) is 16.6 Å². The highest BCUT2D eigenvalue weighted by atomic mass is 35.5. The Labute approximate surface area is 408 Å². The molecule has 4 aliphatic heterocycles. The van der Waals surface area contributed by atoms with E-state index in [0.717, 1.165) is 17.0 Å². The summed E-state index contributed by atoms with van der Waals surface area (Å²) in [5.41, 5.74) is -4.65. The van der Waals surface area contributed by atoms with E-state index in [0.29, 0.717) is 51.0 Å². The van der Waals surface area contributed by atoms with Crippen LogP contribution >= 0.6 is 11.6 Å². The minimum atomic E-state index is -0.981. The van der Waals surface area contributed by atoms with Crippen molar-refractivity contribution in [3.05, 3.63) is 126 Å². The predicted octanol–water partition coefficient (Wildman–Crippen LogP) is 5.55. The number of benzene rings is 2. The number of aromatic nitrogens is 2. The zero-order chi connectivity index (χ0) is 52.3. The van der Waals surface area contributed by atoms with E-state index in [9.17, 15) is 61.0 Å². The standard InChI is InChI=1S/C24H25F2N3O6.C21H20F2N2O5.C3H6ClNO/c1-24-7-4-8-34-17(24)12-29-11-15(22(32)27-10-13-5-6-14(25)9-16(13)26)19(30)20(18(29)21(24)31)35-23(33)28(2)3;1-21-5-2-6-30-15(21)10-25-9-13(17(26)18(27)16(25)19(21)28)20(29)24-8-11-3-4-12(22)7-14(11)23;1-5(2)3(4)6/h5-6,9,11,17H,4,7-8,10,12H2,1-3H3,(H,27,32);3-4,7,9,15,27H,2,5-6,8,10H2,1H3,(H,24,29);1-2H3/t17-,24-;15-,21-;/m00./s1. The third kappa shape index (κ3) is 11.2. The van der Waals surface area contributed by atoms with Gasteiger partial charge in [0, 0.05) is 90.1 Å². The van der Waals surface area contributed by atoms with Crippen LogP contribution in [-0.4, -0.2) is 112 Å². The van der Waals surface area contributed by atoms with Crippen LogP contribution in [0.15, 0.2) is 58.4 Å². The van der Waals surface area contributed by atoms with E-state index in [-0.39, 0.29) is 54.3 Å². The average molecular weight is 1020 g/mol. The number of carbonyl (C=O) groups is 6.